The highest BCUT2D eigenvalue weighted by Crippen LogP contribution is 2.41. The number of hydrogen-bond donors (Lipinski definition) is 2. The first-order valence-corrected chi connectivity index (χ1v) is 43.6. The van der Waals surface area contributed by atoms with Crippen molar-refractivity contribution >= 4 is 47.1 Å². The molecule has 5 aromatic rings. The second kappa shape index (κ2) is 53.7. The van der Waals surface area contributed by atoms with E-state index >= 15 is 0 Å². The van der Waals surface area contributed by atoms with Crippen molar-refractivity contribution in [2.75, 3.05) is 138 Å². The number of methoxy groups -OCH3 is 2. The van der Waals surface area contributed by atoms with Gasteiger partial charge in [-0.2, -0.15) is 0 Å². The summed E-state index contributed by atoms with van der Waals surface area (Å²) in [7, 11) is 16.0. The van der Waals surface area contributed by atoms with Crippen molar-refractivity contribution in [3.05, 3.63) is 178 Å². The van der Waals surface area contributed by atoms with E-state index in [1.807, 2.05) is 57.4 Å². The first kappa shape index (κ1) is 96.2. The van der Waals surface area contributed by atoms with Crippen LogP contribution in [-0.4, -0.2) is 195 Å². The zero-order chi connectivity index (χ0) is 80.9. The molecule has 0 aromatic heterocycles. The van der Waals surface area contributed by atoms with Crippen molar-refractivity contribution < 1.29 is 74.2 Å². The number of carbonyl (C=O) groups is 5. The number of nitrogens with one attached hydrogen (secondary N) is 2. The highest BCUT2D eigenvalue weighted by atomic mass is 28.4. The molecule has 0 heterocycles. The Bertz CT molecular complexity index is 3290. The molecule has 0 amide bonds. The zero-order valence-corrected chi connectivity index (χ0v) is 72.1. The van der Waals surface area contributed by atoms with E-state index in [2.05, 4.69) is 152 Å². The molecule has 110 heavy (non-hydrogen) atoms. The smallest absolute Gasteiger partial charge is 0.464 e. The van der Waals surface area contributed by atoms with E-state index in [1.54, 1.807) is 70.7 Å². The number of esters is 3. The van der Waals surface area contributed by atoms with Gasteiger partial charge in [0.2, 0.25) is 0 Å². The lowest BCUT2D eigenvalue weighted by atomic mass is 9.76. The molecular formula is C88H138N4O16Si2. The van der Waals surface area contributed by atoms with Gasteiger partial charge < -0.3 is 70.7 Å². The summed E-state index contributed by atoms with van der Waals surface area (Å²) >= 11 is 0. The molecule has 22 heteroatoms. The van der Waals surface area contributed by atoms with Gasteiger partial charge >= 0.3 is 35.5 Å². The van der Waals surface area contributed by atoms with E-state index in [9.17, 15) is 24.0 Å². The third kappa shape index (κ3) is 35.0. The van der Waals surface area contributed by atoms with Crippen molar-refractivity contribution in [2.24, 2.45) is 29.6 Å². The third-order valence-electron chi connectivity index (χ3n) is 21.4. The predicted octanol–water partition coefficient (Wildman–Crippen LogP) is 15.4. The Labute approximate surface area is 663 Å². The van der Waals surface area contributed by atoms with E-state index < -0.39 is 29.4 Å². The molecule has 20 nitrogen and oxygen atoms in total. The molecule has 614 valence electrons. The summed E-state index contributed by atoms with van der Waals surface area (Å²) in [6, 6.07) is 48.1. The summed E-state index contributed by atoms with van der Waals surface area (Å²) in [5.41, 5.74) is 9.61. The summed E-state index contributed by atoms with van der Waals surface area (Å²) in [6.45, 7) is 17.6. The van der Waals surface area contributed by atoms with E-state index in [0.717, 1.165) is 69.0 Å². The quantitative estimate of drug-likeness (QED) is 0.0160. The van der Waals surface area contributed by atoms with Gasteiger partial charge in [-0.25, -0.2) is 0 Å². The van der Waals surface area contributed by atoms with Crippen LogP contribution < -0.4 is 10.6 Å². The standard InChI is InChI=1S/C46H70N2O7Si.C42H68N2O9Si/c1-10-39(42-23-17-37(18-24-42)33-47-25-14-28-56(52-7,53-8)54-9)30-44(41-15-12-11-13-16-41)32-45(46(50)55-27-26-51-6)31-43(36(3)49)29-35(2)40-21-19-38(20-22-40)34-48(4)5;1-10-35(41(46)52-23-22-43-21-14-26-54(49-7,50-8)51-9)28-39(37-15-12-11-13-16-37)30-40(42(47)53-25-24-48-6)29-38(33(3)45)27-32(2)36-19-17-34(18-20-36)31-44(4)5/h11-13,15-24,35,39,43-45,47H,10,14,25-34H2,1-9H3;11-13,15-20,32,35,38-40,43H,10,14,21-31H2,1-9H3. The summed E-state index contributed by atoms with van der Waals surface area (Å²) in [5.74, 6) is -2.10. The molecule has 2 N–H and O–H groups in total. The number of Topliss-reactive ketones (excluding diaryl/α,β-unsaturated/α-hetero) is 2. The molecule has 0 saturated carbocycles. The summed E-state index contributed by atoms with van der Waals surface area (Å²) < 4.78 is 60.7. The van der Waals surface area contributed by atoms with E-state index in [1.165, 1.54) is 33.4 Å². The fourth-order valence-corrected chi connectivity index (χ4v) is 18.1. The molecule has 5 rings (SSSR count). The van der Waals surface area contributed by atoms with Crippen molar-refractivity contribution in [3.8, 4) is 0 Å². The number of nitrogens with zero attached hydrogens (tertiary/aromatic N) is 2. The fraction of sp³-hybridized carbons (Fsp3) is 0.602. The Hall–Kier alpha value is -6.20. The lowest BCUT2D eigenvalue weighted by Crippen LogP contribution is -2.43. The Morgan fingerprint density at radius 1 is 0.364 bits per heavy atom. The van der Waals surface area contributed by atoms with Crippen LogP contribution in [0.15, 0.2) is 133 Å². The minimum Gasteiger partial charge on any atom is -0.464 e. The highest BCUT2D eigenvalue weighted by Gasteiger charge is 2.39. The molecule has 0 aliphatic carbocycles. The molecule has 0 bridgehead atoms. The van der Waals surface area contributed by atoms with E-state index in [4.69, 9.17) is 50.2 Å². The van der Waals surface area contributed by atoms with Crippen molar-refractivity contribution in [2.45, 2.75) is 180 Å². The van der Waals surface area contributed by atoms with E-state index in [0.29, 0.717) is 83.0 Å². The lowest BCUT2D eigenvalue weighted by molar-refractivity contribution is -0.152. The minimum absolute atomic E-state index is 0.0538. The molecule has 10 unspecified atom stereocenters. The largest absolute Gasteiger partial charge is 0.500 e. The van der Waals surface area contributed by atoms with Crippen LogP contribution in [0.2, 0.25) is 12.1 Å². The molecule has 0 spiro atoms. The van der Waals surface area contributed by atoms with Crippen molar-refractivity contribution in [1.29, 1.82) is 0 Å². The van der Waals surface area contributed by atoms with Crippen LogP contribution in [0.1, 0.15) is 193 Å². The molecule has 0 saturated heterocycles. The maximum Gasteiger partial charge on any atom is 0.500 e. The van der Waals surface area contributed by atoms with Gasteiger partial charge in [-0.15, -0.1) is 0 Å². The number of ketones is 2. The van der Waals surface area contributed by atoms with Crippen LogP contribution in [0.3, 0.4) is 0 Å². The highest BCUT2D eigenvalue weighted by molar-refractivity contribution is 6.60. The third-order valence-corrected chi connectivity index (χ3v) is 27.0. The van der Waals surface area contributed by atoms with Crippen molar-refractivity contribution in [3.63, 3.8) is 0 Å². The molecule has 0 radical (unpaired) electrons. The first-order chi connectivity index (χ1) is 52.9. The molecule has 0 aliphatic rings. The summed E-state index contributed by atoms with van der Waals surface area (Å²) in [6.07, 6.45) is 7.80. The summed E-state index contributed by atoms with van der Waals surface area (Å²) in [5, 5.41) is 6.86. The van der Waals surface area contributed by atoms with Gasteiger partial charge in [0, 0.05) is 107 Å². The minimum atomic E-state index is -2.62. The van der Waals surface area contributed by atoms with Gasteiger partial charge in [-0.05, 0) is 206 Å². The Balaban J connectivity index is 0.000000465. The average molecular weight is 1560 g/mol. The average Bonchev–Trinajstić information content (AvgIpc) is 0.840. The van der Waals surface area contributed by atoms with E-state index in [-0.39, 0.29) is 97.3 Å². The fourth-order valence-electron chi connectivity index (χ4n) is 14.7. The second-order valence-electron chi connectivity index (χ2n) is 30.0. The van der Waals surface area contributed by atoms with Gasteiger partial charge in [0.25, 0.3) is 0 Å². The van der Waals surface area contributed by atoms with Crippen LogP contribution in [0, 0.1) is 29.6 Å². The SMILES string of the molecule is CCC(CC(CC(CC(CC(C)c1ccc(CN(C)C)cc1)C(C)=O)C(=O)OCCOC)c1ccccc1)C(=O)OCCNCCC[Si](OC)(OC)OC.CCC(CC(CC(CC(CC(C)c1ccc(CN(C)C)cc1)C(C)=O)C(=O)OCCOC)c1ccccc1)c1ccc(CNCCC[Si](OC)(OC)OC)cc1. The monoisotopic (exact) mass is 1560 g/mol. The second-order valence-corrected chi connectivity index (χ2v) is 36.2. The van der Waals surface area contributed by atoms with Crippen LogP contribution in [0.25, 0.3) is 0 Å². The van der Waals surface area contributed by atoms with Gasteiger partial charge in [-0.1, -0.05) is 161 Å². The van der Waals surface area contributed by atoms with Crippen LogP contribution in [0.4, 0.5) is 0 Å². The number of ether oxygens (including phenoxy) is 5. The maximum absolute atomic E-state index is 13.9. The topological polar surface area (TPSA) is 217 Å². The number of hydrogen-bond acceptors (Lipinski definition) is 20. The Kier molecular flexibility index (Phi) is 47.0. The Morgan fingerprint density at radius 2 is 0.718 bits per heavy atom. The van der Waals surface area contributed by atoms with Crippen LogP contribution in [-0.2, 0) is 93.8 Å². The van der Waals surface area contributed by atoms with Gasteiger partial charge in [0.05, 0.1) is 31.0 Å². The van der Waals surface area contributed by atoms with Crippen molar-refractivity contribution in [1.82, 2.24) is 20.4 Å². The molecule has 0 fully saturated rings. The number of benzene rings is 5. The molecular weight excluding hydrogens is 1430 g/mol. The van der Waals surface area contributed by atoms with Gasteiger partial charge in [0.15, 0.2) is 0 Å². The maximum atomic E-state index is 13.9. The van der Waals surface area contributed by atoms with Crippen LogP contribution in [0.5, 0.6) is 0 Å². The molecule has 0 aliphatic heterocycles. The summed E-state index contributed by atoms with van der Waals surface area (Å²) in [4.78, 5) is 71.8. The molecule has 10 atom stereocenters. The predicted molar refractivity (Wildman–Crippen MR) is 442 cm³/mol. The molecule has 5 aromatic carbocycles. The normalized spacial score (nSPS) is 14.6. The zero-order valence-electron chi connectivity index (χ0n) is 70.1. The number of carbonyl (C=O) groups excluding carboxylic acids is 5. The Morgan fingerprint density at radius 3 is 1.09 bits per heavy atom. The van der Waals surface area contributed by atoms with Gasteiger partial charge in [0.1, 0.15) is 31.4 Å². The first-order valence-electron chi connectivity index (χ1n) is 39.8. The lowest BCUT2D eigenvalue weighted by Gasteiger charge is -2.29. The van der Waals surface area contributed by atoms with Crippen LogP contribution >= 0.6 is 0 Å². The van der Waals surface area contributed by atoms with Gasteiger partial charge in [-0.3, -0.25) is 24.0 Å². The number of rotatable bonds is 57.